The predicted octanol–water partition coefficient (Wildman–Crippen LogP) is 4.66. The van der Waals surface area contributed by atoms with E-state index in [2.05, 4.69) is 16.0 Å². The minimum atomic E-state index is -2.01. The highest BCUT2D eigenvalue weighted by Crippen LogP contribution is 2.30. The number of halogens is 4. The number of carbonyl (C=O) groups is 1. The average Bonchev–Trinajstić information content (AvgIpc) is 2.60. The van der Waals surface area contributed by atoms with Gasteiger partial charge >= 0.3 is 0 Å². The van der Waals surface area contributed by atoms with Crippen molar-refractivity contribution in [2.75, 3.05) is 5.32 Å². The summed E-state index contributed by atoms with van der Waals surface area (Å²) in [6.45, 7) is 0. The van der Waals surface area contributed by atoms with Gasteiger partial charge in [0.25, 0.3) is 11.6 Å². The van der Waals surface area contributed by atoms with Crippen LogP contribution < -0.4 is 16.0 Å². The first kappa shape index (κ1) is 22.4. The average molecular weight is 482 g/mol. The Morgan fingerprint density at radius 2 is 1.79 bits per heavy atom. The second kappa shape index (κ2) is 9.58. The predicted molar refractivity (Wildman–Crippen MR) is 115 cm³/mol. The molecule has 0 saturated heterocycles. The minimum absolute atomic E-state index is 0.0291. The highest BCUT2D eigenvalue weighted by atomic mass is 35.6. The van der Waals surface area contributed by atoms with Gasteiger partial charge in [-0.3, -0.25) is 14.9 Å². The maximum Gasteiger partial charge on any atom is 0.282 e. The second-order valence-corrected chi connectivity index (χ2v) is 8.54. The van der Waals surface area contributed by atoms with Crippen LogP contribution in [0.1, 0.15) is 10.4 Å². The van der Waals surface area contributed by atoms with Crippen molar-refractivity contribution in [1.82, 2.24) is 10.6 Å². The van der Waals surface area contributed by atoms with E-state index in [1.54, 1.807) is 24.3 Å². The van der Waals surface area contributed by atoms with Crippen molar-refractivity contribution < 1.29 is 9.72 Å². The molecule has 0 aliphatic carbocycles. The molecule has 0 aliphatic heterocycles. The van der Waals surface area contributed by atoms with E-state index in [1.807, 2.05) is 0 Å². The number of nitrogens with one attached hydrogen (secondary N) is 3. The summed E-state index contributed by atoms with van der Waals surface area (Å²) in [5, 5.41) is 19.5. The molecule has 0 aliphatic rings. The zero-order valence-corrected chi connectivity index (χ0v) is 17.6. The van der Waals surface area contributed by atoms with Crippen LogP contribution >= 0.6 is 58.6 Å². The molecule has 2 aromatic carbocycles. The molecule has 2 rings (SSSR count). The number of carbonyl (C=O) groups excluding carboxylic acids is 1. The smallest absolute Gasteiger partial charge is 0.282 e. The number of nitro benzene ring substituents is 1. The Hall–Kier alpha value is -1.84. The Labute approximate surface area is 185 Å². The fourth-order valence-electron chi connectivity index (χ4n) is 2.10. The normalized spacial score (nSPS) is 12.0. The van der Waals surface area contributed by atoms with E-state index >= 15 is 0 Å². The van der Waals surface area contributed by atoms with Gasteiger partial charge in [0, 0.05) is 16.8 Å². The van der Waals surface area contributed by atoms with Crippen LogP contribution in [0.2, 0.25) is 5.02 Å². The van der Waals surface area contributed by atoms with Gasteiger partial charge in [-0.15, -0.1) is 0 Å². The first-order valence-electron chi connectivity index (χ1n) is 7.52. The molecule has 1 amide bonds. The molecule has 0 bridgehead atoms. The van der Waals surface area contributed by atoms with E-state index in [0.717, 1.165) is 0 Å². The molecule has 0 radical (unpaired) electrons. The molecule has 148 valence electrons. The molecular formula is C16H12Cl4N4O3S. The standard InChI is InChI=1S/C16H12Cl4N4O3S/c17-9-4-3-5-10(8-9)21-15(28)23-14(16(18,19)20)22-13(25)11-6-1-2-7-12(11)24(26)27/h1-8,14H,(H,22,25)(H2,21,23,28)/t14-/m0/s1. The maximum atomic E-state index is 12.5. The molecule has 0 heterocycles. The fraction of sp³-hybridized carbons (Fsp3) is 0.125. The number of amides is 1. The molecule has 0 spiro atoms. The van der Waals surface area contributed by atoms with Gasteiger partial charge in [-0.25, -0.2) is 0 Å². The number of rotatable bonds is 5. The third-order valence-electron chi connectivity index (χ3n) is 3.31. The Morgan fingerprint density at radius 1 is 1.11 bits per heavy atom. The van der Waals surface area contributed by atoms with E-state index in [9.17, 15) is 14.9 Å². The number of nitrogens with zero attached hydrogens (tertiary/aromatic N) is 1. The van der Waals surface area contributed by atoms with Crippen LogP contribution in [0.15, 0.2) is 48.5 Å². The van der Waals surface area contributed by atoms with E-state index in [4.69, 9.17) is 58.6 Å². The first-order valence-corrected chi connectivity index (χ1v) is 9.44. The summed E-state index contributed by atoms with van der Waals surface area (Å²) >= 11 is 28.8. The van der Waals surface area contributed by atoms with Gasteiger partial charge in [0.05, 0.1) is 4.92 Å². The summed E-state index contributed by atoms with van der Waals surface area (Å²) in [5.41, 5.74) is -0.0111. The SMILES string of the molecule is O=C(N[C@@H](NC(=S)Nc1cccc(Cl)c1)C(Cl)(Cl)Cl)c1ccccc1[N+](=O)[O-]. The number of para-hydroxylation sites is 1. The zero-order chi connectivity index (χ0) is 20.9. The van der Waals surface area contributed by atoms with Crippen LogP contribution in [-0.2, 0) is 0 Å². The highest BCUT2D eigenvalue weighted by Gasteiger charge is 2.36. The molecule has 0 saturated carbocycles. The molecule has 7 nitrogen and oxygen atoms in total. The highest BCUT2D eigenvalue weighted by molar-refractivity contribution is 7.80. The molecular weight excluding hydrogens is 470 g/mol. The van der Waals surface area contributed by atoms with Crippen molar-refractivity contribution in [3.05, 3.63) is 69.2 Å². The summed E-state index contributed by atoms with van der Waals surface area (Å²) in [7, 11) is 0. The van der Waals surface area contributed by atoms with Crippen LogP contribution in [0.25, 0.3) is 0 Å². The quantitative estimate of drug-likeness (QED) is 0.189. The van der Waals surface area contributed by atoms with Crippen molar-refractivity contribution in [2.45, 2.75) is 9.96 Å². The van der Waals surface area contributed by atoms with Crippen LogP contribution in [0, 0.1) is 10.1 Å². The number of hydrogen-bond acceptors (Lipinski definition) is 4. The van der Waals surface area contributed by atoms with Gasteiger partial charge in [0.2, 0.25) is 3.79 Å². The number of benzene rings is 2. The molecule has 3 N–H and O–H groups in total. The number of nitro groups is 1. The maximum absolute atomic E-state index is 12.5. The summed E-state index contributed by atoms with van der Waals surface area (Å²) in [4.78, 5) is 22.9. The molecule has 0 unspecified atom stereocenters. The van der Waals surface area contributed by atoms with Crippen molar-refractivity contribution in [3.8, 4) is 0 Å². The lowest BCUT2D eigenvalue weighted by atomic mass is 10.1. The van der Waals surface area contributed by atoms with Gasteiger partial charge in [-0.2, -0.15) is 0 Å². The summed E-state index contributed by atoms with van der Waals surface area (Å²) in [6, 6.07) is 12.1. The largest absolute Gasteiger partial charge is 0.339 e. The molecule has 0 aromatic heterocycles. The molecule has 12 heteroatoms. The Morgan fingerprint density at radius 3 is 2.39 bits per heavy atom. The number of hydrogen-bond donors (Lipinski definition) is 3. The summed E-state index contributed by atoms with van der Waals surface area (Å²) in [6.07, 6.45) is -1.29. The topological polar surface area (TPSA) is 96.3 Å². The van der Waals surface area contributed by atoms with Crippen molar-refractivity contribution in [1.29, 1.82) is 0 Å². The van der Waals surface area contributed by atoms with E-state index < -0.39 is 20.8 Å². The lowest BCUT2D eigenvalue weighted by Crippen LogP contribution is -2.56. The van der Waals surface area contributed by atoms with Gasteiger partial charge in [-0.1, -0.05) is 64.6 Å². The van der Waals surface area contributed by atoms with E-state index in [-0.39, 0.29) is 16.4 Å². The Kier molecular flexibility index (Phi) is 7.68. The number of thiocarbonyl (C=S) groups is 1. The Bertz CT molecular complexity index is 907. The molecule has 28 heavy (non-hydrogen) atoms. The van der Waals surface area contributed by atoms with Crippen molar-refractivity contribution in [3.63, 3.8) is 0 Å². The van der Waals surface area contributed by atoms with Crippen molar-refractivity contribution in [2.24, 2.45) is 0 Å². The number of anilines is 1. The lowest BCUT2D eigenvalue weighted by Gasteiger charge is -2.27. The van der Waals surface area contributed by atoms with Crippen LogP contribution in [0.5, 0.6) is 0 Å². The zero-order valence-electron chi connectivity index (χ0n) is 13.8. The van der Waals surface area contributed by atoms with Crippen LogP contribution in [0.4, 0.5) is 11.4 Å². The van der Waals surface area contributed by atoms with Crippen LogP contribution in [-0.4, -0.2) is 25.9 Å². The van der Waals surface area contributed by atoms with E-state index in [0.29, 0.717) is 10.7 Å². The summed E-state index contributed by atoms with van der Waals surface area (Å²) in [5.74, 6) is -0.818. The van der Waals surface area contributed by atoms with Gasteiger partial charge in [0.1, 0.15) is 11.7 Å². The second-order valence-electron chi connectivity index (χ2n) is 5.33. The monoisotopic (exact) mass is 480 g/mol. The number of alkyl halides is 3. The van der Waals surface area contributed by atoms with Gasteiger partial charge in [-0.05, 0) is 36.5 Å². The minimum Gasteiger partial charge on any atom is -0.339 e. The van der Waals surface area contributed by atoms with Crippen LogP contribution in [0.3, 0.4) is 0 Å². The summed E-state index contributed by atoms with van der Waals surface area (Å²) < 4.78 is -2.01. The molecule has 2 aromatic rings. The van der Waals surface area contributed by atoms with Gasteiger partial charge in [0.15, 0.2) is 5.11 Å². The third kappa shape index (κ3) is 6.35. The third-order valence-corrected chi connectivity index (χ3v) is 4.42. The Balaban J connectivity index is 2.15. The van der Waals surface area contributed by atoms with Crippen molar-refractivity contribution >= 4 is 81.0 Å². The first-order chi connectivity index (χ1) is 13.1. The molecule has 0 fully saturated rings. The van der Waals surface area contributed by atoms with Gasteiger partial charge < -0.3 is 16.0 Å². The fourth-order valence-corrected chi connectivity index (χ4v) is 2.85. The lowest BCUT2D eigenvalue weighted by molar-refractivity contribution is -0.385. The molecule has 1 atom stereocenters. The van der Waals surface area contributed by atoms with E-state index in [1.165, 1.54) is 24.3 Å².